The predicted octanol–water partition coefficient (Wildman–Crippen LogP) is 2.85. The van der Waals surface area contributed by atoms with Crippen LogP contribution in [0.25, 0.3) is 0 Å². The zero-order valence-corrected chi connectivity index (χ0v) is 19.0. The maximum atomic E-state index is 13.3. The van der Waals surface area contributed by atoms with Crippen LogP contribution in [0.15, 0.2) is 42.5 Å². The Balaban J connectivity index is 1.12. The summed E-state index contributed by atoms with van der Waals surface area (Å²) in [6.07, 6.45) is 1.55. The Morgan fingerprint density at radius 1 is 1.00 bits per heavy atom. The molecule has 2 N–H and O–H groups in total. The molecule has 2 fully saturated rings. The monoisotopic (exact) mass is 463 g/mol. The number of amides is 2. The molecule has 3 aliphatic heterocycles. The number of carbonyl (C=O) groups excluding carboxylic acids is 1. The normalized spacial score (nSPS) is 27.4. The van der Waals surface area contributed by atoms with Gasteiger partial charge >= 0.3 is 6.09 Å². The van der Waals surface area contributed by atoms with Crippen molar-refractivity contribution in [1.29, 1.82) is 0 Å². The highest BCUT2D eigenvalue weighted by molar-refractivity contribution is 5.86. The highest BCUT2D eigenvalue weighted by atomic mass is 16.7. The molecule has 0 aromatic heterocycles. The lowest BCUT2D eigenvalue weighted by molar-refractivity contribution is -0.128. The van der Waals surface area contributed by atoms with Gasteiger partial charge in [0.05, 0.1) is 6.54 Å². The van der Waals surface area contributed by atoms with Crippen molar-refractivity contribution in [3.8, 4) is 11.5 Å². The molecule has 1 saturated heterocycles. The number of nitrogens with zero attached hydrogens (tertiary/aromatic N) is 2. The zero-order chi connectivity index (χ0) is 23.2. The highest BCUT2D eigenvalue weighted by Gasteiger charge is 2.44. The molecule has 4 aliphatic rings. The van der Waals surface area contributed by atoms with Crippen molar-refractivity contribution in [3.63, 3.8) is 0 Å². The number of nitrogens with one attached hydrogen (secondary N) is 1. The molecular formula is C26H29N3O5. The first kappa shape index (κ1) is 21.3. The molecule has 3 heterocycles. The second-order valence-electron chi connectivity index (χ2n) is 9.91. The Labute approximate surface area is 198 Å². The zero-order valence-electron chi connectivity index (χ0n) is 19.0. The summed E-state index contributed by atoms with van der Waals surface area (Å²) in [4.78, 5) is 29.0. The summed E-state index contributed by atoms with van der Waals surface area (Å²) >= 11 is 0. The fourth-order valence-corrected chi connectivity index (χ4v) is 6.20. The molecular weight excluding hydrogens is 434 g/mol. The predicted molar refractivity (Wildman–Crippen MR) is 123 cm³/mol. The molecule has 1 saturated carbocycles. The first-order chi connectivity index (χ1) is 16.5. The molecule has 0 radical (unpaired) electrons. The van der Waals surface area contributed by atoms with Gasteiger partial charge < -0.3 is 19.9 Å². The van der Waals surface area contributed by atoms with Gasteiger partial charge in [-0.3, -0.25) is 14.6 Å². The molecule has 2 aromatic rings. The Hall–Kier alpha value is -3.26. The van der Waals surface area contributed by atoms with Crippen molar-refractivity contribution in [2.45, 2.75) is 44.4 Å². The average Bonchev–Trinajstić information content (AvgIpc) is 3.39. The number of hydrogen-bond donors (Lipinski definition) is 2. The van der Waals surface area contributed by atoms with E-state index >= 15 is 0 Å². The third-order valence-electron chi connectivity index (χ3n) is 7.86. The lowest BCUT2D eigenvalue weighted by Gasteiger charge is -2.40. The largest absolute Gasteiger partial charge is 0.465 e. The molecule has 2 amide bonds. The lowest BCUT2D eigenvalue weighted by Crippen LogP contribution is -2.58. The minimum atomic E-state index is -1.05. The van der Waals surface area contributed by atoms with Gasteiger partial charge in [-0.15, -0.1) is 0 Å². The van der Waals surface area contributed by atoms with Crippen LogP contribution in [0.1, 0.15) is 29.5 Å². The third kappa shape index (κ3) is 3.86. The van der Waals surface area contributed by atoms with Gasteiger partial charge in [-0.1, -0.05) is 30.3 Å². The Kier molecular flexibility index (Phi) is 5.32. The smallest absolute Gasteiger partial charge is 0.408 e. The number of ether oxygens (including phenoxy) is 2. The van der Waals surface area contributed by atoms with Crippen molar-refractivity contribution in [1.82, 2.24) is 15.1 Å². The van der Waals surface area contributed by atoms with Crippen LogP contribution in [0.4, 0.5) is 4.79 Å². The number of likely N-dealkylation sites (tertiary alicyclic amines) is 1. The summed E-state index contributed by atoms with van der Waals surface area (Å²) in [7, 11) is 0. The van der Waals surface area contributed by atoms with E-state index in [2.05, 4.69) is 22.3 Å². The molecule has 8 nitrogen and oxygen atoms in total. The second kappa shape index (κ2) is 8.51. The lowest BCUT2D eigenvalue weighted by atomic mass is 9.90. The first-order valence-corrected chi connectivity index (χ1v) is 12.0. The van der Waals surface area contributed by atoms with E-state index in [-0.39, 0.29) is 25.3 Å². The standard InChI is InChI=1S/C26H29N3O5/c30-25(21-10-17-3-1-2-4-18(17)14-29(21)26(31)32)27-24-19-6-7-20(24)13-28(12-19)11-16-5-8-22-23(9-16)34-15-33-22/h1-5,8-9,19-21,24H,6-7,10-15H2,(H,27,30)(H,31,32). The fourth-order valence-electron chi connectivity index (χ4n) is 6.20. The topological polar surface area (TPSA) is 91.3 Å². The molecule has 2 aromatic carbocycles. The van der Waals surface area contributed by atoms with Gasteiger partial charge in [-0.2, -0.15) is 0 Å². The Morgan fingerprint density at radius 2 is 1.74 bits per heavy atom. The quantitative estimate of drug-likeness (QED) is 0.725. The summed E-state index contributed by atoms with van der Waals surface area (Å²) in [5, 5.41) is 13.0. The van der Waals surface area contributed by atoms with Crippen molar-refractivity contribution in [2.75, 3.05) is 19.9 Å². The van der Waals surface area contributed by atoms with Gasteiger partial charge in [0.2, 0.25) is 12.7 Å². The number of carbonyl (C=O) groups is 2. The van der Waals surface area contributed by atoms with Gasteiger partial charge in [0.25, 0.3) is 0 Å². The summed E-state index contributed by atoms with van der Waals surface area (Å²) in [5.41, 5.74) is 3.23. The number of piperidine rings is 1. The van der Waals surface area contributed by atoms with E-state index in [0.29, 0.717) is 18.3 Å². The van der Waals surface area contributed by atoms with Crippen molar-refractivity contribution in [3.05, 3.63) is 59.2 Å². The van der Waals surface area contributed by atoms with Gasteiger partial charge in [-0.05, 0) is 53.5 Å². The average molecular weight is 464 g/mol. The molecule has 34 heavy (non-hydrogen) atoms. The van der Waals surface area contributed by atoms with Crippen LogP contribution in [-0.2, 0) is 24.3 Å². The van der Waals surface area contributed by atoms with Crippen molar-refractivity contribution in [2.24, 2.45) is 11.8 Å². The van der Waals surface area contributed by atoms with Crippen LogP contribution in [0.5, 0.6) is 11.5 Å². The molecule has 8 heteroatoms. The van der Waals surface area contributed by atoms with Crippen LogP contribution in [0.3, 0.4) is 0 Å². The molecule has 0 spiro atoms. The minimum absolute atomic E-state index is 0.105. The first-order valence-electron chi connectivity index (χ1n) is 12.0. The van der Waals surface area contributed by atoms with E-state index in [1.165, 1.54) is 10.5 Å². The van der Waals surface area contributed by atoms with E-state index in [1.807, 2.05) is 30.3 Å². The molecule has 3 unspecified atom stereocenters. The van der Waals surface area contributed by atoms with Gasteiger partial charge in [0, 0.05) is 32.1 Å². The van der Waals surface area contributed by atoms with E-state index in [0.717, 1.165) is 55.1 Å². The molecule has 3 atom stereocenters. The van der Waals surface area contributed by atoms with E-state index in [1.54, 1.807) is 0 Å². The maximum absolute atomic E-state index is 13.3. The number of hydrogen-bond acceptors (Lipinski definition) is 5. The van der Waals surface area contributed by atoms with Gasteiger partial charge in [0.1, 0.15) is 6.04 Å². The summed E-state index contributed by atoms with van der Waals surface area (Å²) in [6.45, 7) is 3.22. The molecule has 178 valence electrons. The van der Waals surface area contributed by atoms with Crippen molar-refractivity contribution >= 4 is 12.0 Å². The number of carboxylic acid groups (broad SMARTS) is 1. The molecule has 1 aliphatic carbocycles. The SMILES string of the molecule is O=C(NC1C2CCC1CN(Cc1ccc3c(c1)OCO3)C2)C1Cc2ccccc2CN1C(=O)O. The second-order valence-corrected chi connectivity index (χ2v) is 9.91. The van der Waals surface area contributed by atoms with Crippen LogP contribution >= 0.6 is 0 Å². The minimum Gasteiger partial charge on any atom is -0.465 e. The third-order valence-corrected chi connectivity index (χ3v) is 7.86. The Morgan fingerprint density at radius 3 is 2.50 bits per heavy atom. The summed E-state index contributed by atoms with van der Waals surface area (Å²) in [6, 6.07) is 13.3. The van der Waals surface area contributed by atoms with E-state index < -0.39 is 12.1 Å². The fraction of sp³-hybridized carbons (Fsp3) is 0.462. The number of benzene rings is 2. The number of fused-ring (bicyclic) bond motifs is 4. The van der Waals surface area contributed by atoms with Crippen LogP contribution < -0.4 is 14.8 Å². The maximum Gasteiger partial charge on any atom is 0.408 e. The van der Waals surface area contributed by atoms with Gasteiger partial charge in [-0.25, -0.2) is 4.79 Å². The van der Waals surface area contributed by atoms with E-state index in [9.17, 15) is 14.7 Å². The van der Waals surface area contributed by atoms with Crippen LogP contribution in [-0.4, -0.2) is 58.9 Å². The molecule has 6 rings (SSSR count). The van der Waals surface area contributed by atoms with Crippen molar-refractivity contribution < 1.29 is 24.2 Å². The van der Waals surface area contributed by atoms with Crippen LogP contribution in [0.2, 0.25) is 0 Å². The number of rotatable bonds is 4. The highest BCUT2D eigenvalue weighted by Crippen LogP contribution is 2.39. The van der Waals surface area contributed by atoms with Crippen LogP contribution in [0, 0.1) is 11.8 Å². The van der Waals surface area contributed by atoms with E-state index in [4.69, 9.17) is 9.47 Å². The Bertz CT molecular complexity index is 1110. The van der Waals surface area contributed by atoms with Gasteiger partial charge in [0.15, 0.2) is 11.5 Å². The molecule has 2 bridgehead atoms. The summed E-state index contributed by atoms with van der Waals surface area (Å²) in [5.74, 6) is 2.20. The summed E-state index contributed by atoms with van der Waals surface area (Å²) < 4.78 is 10.9.